The molecule has 1 aliphatic rings. The first-order valence-corrected chi connectivity index (χ1v) is 9.19. The van der Waals surface area contributed by atoms with Gasteiger partial charge in [-0.15, -0.1) is 0 Å². The topological polar surface area (TPSA) is 79.4 Å². The van der Waals surface area contributed by atoms with E-state index in [9.17, 15) is 13.2 Å². The molecule has 1 aromatic carbocycles. The number of anilines is 1. The van der Waals surface area contributed by atoms with E-state index >= 15 is 0 Å². The van der Waals surface area contributed by atoms with E-state index in [1.54, 1.807) is 30.6 Å². The van der Waals surface area contributed by atoms with Crippen molar-refractivity contribution in [2.75, 3.05) is 5.32 Å². The number of aromatic nitrogens is 1. The first kappa shape index (κ1) is 16.6. The van der Waals surface area contributed by atoms with Crippen molar-refractivity contribution < 1.29 is 13.2 Å². The van der Waals surface area contributed by atoms with E-state index in [1.807, 2.05) is 6.07 Å². The molecule has 1 aromatic heterocycles. The molecule has 2 aromatic rings. The van der Waals surface area contributed by atoms with Crippen molar-refractivity contribution in [2.45, 2.75) is 37.2 Å². The number of amides is 1. The third-order valence-electron chi connectivity index (χ3n) is 3.80. The van der Waals surface area contributed by atoms with Crippen LogP contribution in [0.3, 0.4) is 0 Å². The molecule has 7 heteroatoms. The molecule has 0 aliphatic heterocycles. The Morgan fingerprint density at radius 1 is 1.25 bits per heavy atom. The van der Waals surface area contributed by atoms with E-state index < -0.39 is 10.0 Å². The zero-order valence-corrected chi connectivity index (χ0v) is 14.2. The lowest BCUT2D eigenvalue weighted by Crippen LogP contribution is -2.32. The highest BCUT2D eigenvalue weighted by Crippen LogP contribution is 2.33. The normalized spacial score (nSPS) is 14.6. The van der Waals surface area contributed by atoms with Crippen LogP contribution in [0.2, 0.25) is 0 Å². The molecule has 0 saturated heterocycles. The fraction of sp³-hybridized carbons (Fsp3) is 0.294. The average molecular weight is 345 g/mol. The van der Waals surface area contributed by atoms with Crippen LogP contribution in [0, 0.1) is 0 Å². The van der Waals surface area contributed by atoms with Gasteiger partial charge in [0.2, 0.25) is 15.9 Å². The molecule has 0 bridgehead atoms. The van der Waals surface area contributed by atoms with Crippen LogP contribution in [-0.2, 0) is 21.4 Å². The van der Waals surface area contributed by atoms with Gasteiger partial charge >= 0.3 is 0 Å². The summed E-state index contributed by atoms with van der Waals surface area (Å²) in [5.74, 6) is -0.193. The van der Waals surface area contributed by atoms with Gasteiger partial charge in [-0.2, -0.15) is 4.31 Å². The van der Waals surface area contributed by atoms with Crippen molar-refractivity contribution in [3.8, 4) is 0 Å². The summed E-state index contributed by atoms with van der Waals surface area (Å²) in [6.45, 7) is 1.72. The molecule has 1 amide bonds. The molecule has 1 heterocycles. The molecule has 0 radical (unpaired) electrons. The Hall–Kier alpha value is -2.25. The van der Waals surface area contributed by atoms with Gasteiger partial charge in [-0.3, -0.25) is 9.78 Å². The summed E-state index contributed by atoms with van der Waals surface area (Å²) in [6, 6.07) is 9.98. The maximum Gasteiger partial charge on any atom is 0.243 e. The molecule has 0 spiro atoms. The van der Waals surface area contributed by atoms with Crippen molar-refractivity contribution in [1.29, 1.82) is 0 Å². The third kappa shape index (κ3) is 3.80. The van der Waals surface area contributed by atoms with Gasteiger partial charge in [0.1, 0.15) is 0 Å². The Labute approximate surface area is 141 Å². The van der Waals surface area contributed by atoms with E-state index in [-0.39, 0.29) is 16.8 Å². The lowest BCUT2D eigenvalue weighted by molar-refractivity contribution is -0.114. The zero-order chi connectivity index (χ0) is 17.2. The molecule has 1 N–H and O–H groups in total. The molecule has 126 valence electrons. The molecule has 6 nitrogen and oxygen atoms in total. The van der Waals surface area contributed by atoms with Crippen LogP contribution in [0.1, 0.15) is 25.3 Å². The summed E-state index contributed by atoms with van der Waals surface area (Å²) >= 11 is 0. The second-order valence-electron chi connectivity index (χ2n) is 5.85. The van der Waals surface area contributed by atoms with Crippen LogP contribution in [0.15, 0.2) is 53.7 Å². The van der Waals surface area contributed by atoms with Gasteiger partial charge in [0.15, 0.2) is 0 Å². The number of carbonyl (C=O) groups is 1. The average Bonchev–Trinajstić information content (AvgIpc) is 3.38. The first-order chi connectivity index (χ1) is 11.5. The van der Waals surface area contributed by atoms with E-state index in [2.05, 4.69) is 10.3 Å². The van der Waals surface area contributed by atoms with Gasteiger partial charge in [0, 0.05) is 37.6 Å². The van der Waals surface area contributed by atoms with Crippen LogP contribution >= 0.6 is 0 Å². The standard InChI is InChI=1S/C17H19N3O3S/c1-13(21)19-15-4-8-17(9-5-15)24(22,23)20(16-6-7-16)12-14-3-2-10-18-11-14/h2-5,8-11,16H,6-7,12H2,1H3,(H,19,21). The van der Waals surface area contributed by atoms with Gasteiger partial charge < -0.3 is 5.32 Å². The molecule has 24 heavy (non-hydrogen) atoms. The van der Waals surface area contributed by atoms with E-state index in [4.69, 9.17) is 0 Å². The fourth-order valence-corrected chi connectivity index (χ4v) is 4.17. The van der Waals surface area contributed by atoms with Crippen LogP contribution < -0.4 is 5.32 Å². The highest BCUT2D eigenvalue weighted by Gasteiger charge is 2.38. The minimum atomic E-state index is -3.59. The quantitative estimate of drug-likeness (QED) is 0.872. The Morgan fingerprint density at radius 3 is 2.50 bits per heavy atom. The Bertz CT molecular complexity index is 816. The van der Waals surface area contributed by atoms with E-state index in [0.717, 1.165) is 18.4 Å². The third-order valence-corrected chi connectivity index (χ3v) is 5.71. The smallest absolute Gasteiger partial charge is 0.243 e. The van der Waals surface area contributed by atoms with Crippen LogP contribution in [-0.4, -0.2) is 29.7 Å². The number of sulfonamides is 1. The molecule has 0 atom stereocenters. The number of pyridine rings is 1. The Balaban J connectivity index is 1.85. The number of nitrogens with one attached hydrogen (secondary N) is 1. The summed E-state index contributed by atoms with van der Waals surface area (Å²) in [5.41, 5.74) is 1.44. The van der Waals surface area contributed by atoms with Crippen molar-refractivity contribution in [1.82, 2.24) is 9.29 Å². The minimum absolute atomic E-state index is 0.0465. The van der Waals surface area contributed by atoms with Gasteiger partial charge in [0.25, 0.3) is 0 Å². The maximum atomic E-state index is 13.0. The lowest BCUT2D eigenvalue weighted by atomic mass is 10.3. The second-order valence-corrected chi connectivity index (χ2v) is 7.74. The number of rotatable bonds is 6. The largest absolute Gasteiger partial charge is 0.326 e. The number of hydrogen-bond acceptors (Lipinski definition) is 4. The second kappa shape index (κ2) is 6.70. The monoisotopic (exact) mass is 345 g/mol. The highest BCUT2D eigenvalue weighted by molar-refractivity contribution is 7.89. The first-order valence-electron chi connectivity index (χ1n) is 7.75. The SMILES string of the molecule is CC(=O)Nc1ccc(S(=O)(=O)N(Cc2cccnc2)C2CC2)cc1. The van der Waals surface area contributed by atoms with Gasteiger partial charge in [0.05, 0.1) is 4.90 Å². The number of hydrogen-bond donors (Lipinski definition) is 1. The number of nitrogens with zero attached hydrogens (tertiary/aromatic N) is 2. The van der Waals surface area contributed by atoms with Gasteiger partial charge in [-0.1, -0.05) is 6.07 Å². The minimum Gasteiger partial charge on any atom is -0.326 e. The number of benzene rings is 1. The molecular weight excluding hydrogens is 326 g/mol. The molecule has 1 saturated carbocycles. The van der Waals surface area contributed by atoms with Gasteiger partial charge in [-0.05, 0) is 48.7 Å². The molecule has 3 rings (SSSR count). The summed E-state index contributed by atoms with van der Waals surface area (Å²) < 4.78 is 27.5. The van der Waals surface area contributed by atoms with Crippen LogP contribution in [0.5, 0.6) is 0 Å². The molecule has 0 unspecified atom stereocenters. The summed E-state index contributed by atoms with van der Waals surface area (Å²) in [5, 5.41) is 2.63. The number of carbonyl (C=O) groups excluding carboxylic acids is 1. The zero-order valence-electron chi connectivity index (χ0n) is 13.3. The summed E-state index contributed by atoms with van der Waals surface area (Å²) in [4.78, 5) is 15.3. The molecule has 1 aliphatic carbocycles. The Morgan fingerprint density at radius 2 is 1.96 bits per heavy atom. The predicted octanol–water partition coefficient (Wildman–Crippen LogP) is 2.39. The van der Waals surface area contributed by atoms with Crippen molar-refractivity contribution in [3.05, 3.63) is 54.4 Å². The highest BCUT2D eigenvalue weighted by atomic mass is 32.2. The molecule has 1 fully saturated rings. The molecular formula is C17H19N3O3S. The van der Waals surface area contributed by atoms with Crippen LogP contribution in [0.25, 0.3) is 0 Å². The predicted molar refractivity (Wildman–Crippen MR) is 90.7 cm³/mol. The van der Waals surface area contributed by atoms with Gasteiger partial charge in [-0.25, -0.2) is 8.42 Å². The van der Waals surface area contributed by atoms with Crippen molar-refractivity contribution in [3.63, 3.8) is 0 Å². The summed E-state index contributed by atoms with van der Waals surface area (Å²) in [6.07, 6.45) is 5.11. The van der Waals surface area contributed by atoms with Crippen LogP contribution in [0.4, 0.5) is 5.69 Å². The van der Waals surface area contributed by atoms with Crippen molar-refractivity contribution in [2.24, 2.45) is 0 Å². The maximum absolute atomic E-state index is 13.0. The Kier molecular flexibility index (Phi) is 4.64. The van der Waals surface area contributed by atoms with Crippen molar-refractivity contribution >= 4 is 21.6 Å². The summed E-state index contributed by atoms with van der Waals surface area (Å²) in [7, 11) is -3.59. The van der Waals surface area contributed by atoms with E-state index in [1.165, 1.54) is 23.4 Å². The fourth-order valence-electron chi connectivity index (χ4n) is 2.49. The lowest BCUT2D eigenvalue weighted by Gasteiger charge is -2.22. The van der Waals surface area contributed by atoms with E-state index in [0.29, 0.717) is 12.2 Å².